The lowest BCUT2D eigenvalue weighted by Gasteiger charge is -1.98. The number of rotatable bonds is 2. The molecule has 0 bridgehead atoms. The number of hydrogen-bond acceptors (Lipinski definition) is 0. The molecule has 0 aromatic rings. The van der Waals surface area contributed by atoms with Crippen LogP contribution in [0, 0.1) is 5.92 Å². The van der Waals surface area contributed by atoms with Crippen molar-refractivity contribution < 1.29 is 13.2 Å². The summed E-state index contributed by atoms with van der Waals surface area (Å²) in [5.41, 5.74) is 0. The van der Waals surface area contributed by atoms with E-state index in [0.29, 0.717) is 0 Å². The van der Waals surface area contributed by atoms with Crippen LogP contribution in [0.1, 0.15) is 34.1 Å². The van der Waals surface area contributed by atoms with Crippen LogP contribution in [0.3, 0.4) is 0 Å². The molecule has 0 aromatic heterocycles. The normalized spacial score (nSPS) is 8.73. The fraction of sp³-hybridized carbons (Fsp3) is 0.750. The smallest absolute Gasteiger partial charge is 0.206 e. The molecular formula is C8H15F3. The van der Waals surface area contributed by atoms with Gasteiger partial charge in [-0.1, -0.05) is 27.7 Å². The summed E-state index contributed by atoms with van der Waals surface area (Å²) < 4.78 is 34.5. The van der Waals surface area contributed by atoms with Crippen molar-refractivity contribution in [2.75, 3.05) is 0 Å². The lowest BCUT2D eigenvalue weighted by molar-refractivity contribution is 0.359. The Balaban J connectivity index is 0. The highest BCUT2D eigenvalue weighted by molar-refractivity contribution is 4.91. The lowest BCUT2D eigenvalue weighted by atomic mass is 10.1. The van der Waals surface area contributed by atoms with Crippen LogP contribution in [0.15, 0.2) is 11.9 Å². The Labute approximate surface area is 66.1 Å². The summed E-state index contributed by atoms with van der Waals surface area (Å²) >= 11 is 0. The Morgan fingerprint density at radius 3 is 1.55 bits per heavy atom. The molecule has 68 valence electrons. The van der Waals surface area contributed by atoms with E-state index in [-0.39, 0.29) is 12.3 Å². The first-order valence-electron chi connectivity index (χ1n) is 3.73. The van der Waals surface area contributed by atoms with Crippen molar-refractivity contribution in [2.45, 2.75) is 34.1 Å². The van der Waals surface area contributed by atoms with Gasteiger partial charge in [0, 0.05) is 6.42 Å². The van der Waals surface area contributed by atoms with Crippen molar-refractivity contribution in [2.24, 2.45) is 5.92 Å². The van der Waals surface area contributed by atoms with Crippen LogP contribution in [0.25, 0.3) is 0 Å². The Morgan fingerprint density at radius 2 is 1.45 bits per heavy atom. The zero-order valence-corrected chi connectivity index (χ0v) is 7.42. The van der Waals surface area contributed by atoms with Crippen molar-refractivity contribution in [3.8, 4) is 0 Å². The second kappa shape index (κ2) is 7.63. The molecule has 0 saturated carbocycles. The van der Waals surface area contributed by atoms with Crippen molar-refractivity contribution in [1.82, 2.24) is 0 Å². The molecule has 0 heterocycles. The van der Waals surface area contributed by atoms with Gasteiger partial charge in [-0.15, -0.1) is 0 Å². The fourth-order valence-corrected chi connectivity index (χ4v) is 0.436. The van der Waals surface area contributed by atoms with E-state index >= 15 is 0 Å². The quantitative estimate of drug-likeness (QED) is 0.581. The molecule has 0 rings (SSSR count). The maximum Gasteiger partial charge on any atom is 0.301 e. The Morgan fingerprint density at radius 1 is 1.09 bits per heavy atom. The highest BCUT2D eigenvalue weighted by Crippen LogP contribution is 2.17. The third kappa shape index (κ3) is 9.53. The van der Waals surface area contributed by atoms with Crippen LogP contribution >= 0.6 is 0 Å². The predicted octanol–water partition coefficient (Wildman–Crippen LogP) is 4.14. The van der Waals surface area contributed by atoms with Crippen LogP contribution < -0.4 is 0 Å². The summed E-state index contributed by atoms with van der Waals surface area (Å²) in [6.45, 7) is 7.37. The summed E-state index contributed by atoms with van der Waals surface area (Å²) in [5.74, 6) is -1.34. The molecule has 0 N–H and O–H groups in total. The minimum Gasteiger partial charge on any atom is -0.206 e. The average Bonchev–Trinajstić information content (AvgIpc) is 1.90. The van der Waals surface area contributed by atoms with Gasteiger partial charge < -0.3 is 0 Å². The first kappa shape index (κ1) is 13.1. The van der Waals surface area contributed by atoms with Gasteiger partial charge in [0.05, 0.1) is 0 Å². The van der Waals surface area contributed by atoms with E-state index in [0.717, 1.165) is 0 Å². The highest BCUT2D eigenvalue weighted by Gasteiger charge is 2.06. The molecule has 0 aliphatic heterocycles. The van der Waals surface area contributed by atoms with E-state index in [4.69, 9.17) is 0 Å². The van der Waals surface area contributed by atoms with E-state index in [1.807, 2.05) is 13.8 Å². The van der Waals surface area contributed by atoms with E-state index in [1.165, 1.54) is 0 Å². The van der Waals surface area contributed by atoms with E-state index < -0.39 is 11.9 Å². The maximum atomic E-state index is 11.9. The summed E-state index contributed by atoms with van der Waals surface area (Å²) in [6.07, 6.45) is -2.36. The predicted molar refractivity (Wildman–Crippen MR) is 41.2 cm³/mol. The lowest BCUT2D eigenvalue weighted by Crippen LogP contribution is -1.87. The maximum absolute atomic E-state index is 11.9. The van der Waals surface area contributed by atoms with Gasteiger partial charge in [-0.25, -0.2) is 4.39 Å². The van der Waals surface area contributed by atoms with Gasteiger partial charge in [0.15, 0.2) is 5.83 Å². The van der Waals surface area contributed by atoms with E-state index in [1.54, 1.807) is 13.8 Å². The molecule has 0 aliphatic rings. The summed E-state index contributed by atoms with van der Waals surface area (Å²) in [4.78, 5) is 0. The van der Waals surface area contributed by atoms with Crippen molar-refractivity contribution >= 4 is 0 Å². The van der Waals surface area contributed by atoms with Crippen LogP contribution in [-0.2, 0) is 0 Å². The van der Waals surface area contributed by atoms with Gasteiger partial charge in [0.25, 0.3) is 0 Å². The minimum absolute atomic E-state index is 0.0495. The fourth-order valence-electron chi connectivity index (χ4n) is 0.436. The zero-order valence-electron chi connectivity index (χ0n) is 7.42. The van der Waals surface area contributed by atoms with Gasteiger partial charge in [-0.3, -0.25) is 0 Å². The molecule has 3 heteroatoms. The molecule has 0 aliphatic carbocycles. The van der Waals surface area contributed by atoms with Gasteiger partial charge in [0.1, 0.15) is 0 Å². The number of hydrogen-bond donors (Lipinski definition) is 0. The van der Waals surface area contributed by atoms with Crippen LogP contribution in [0.4, 0.5) is 13.2 Å². The molecule has 0 nitrogen and oxygen atoms in total. The van der Waals surface area contributed by atoms with Crippen LogP contribution in [-0.4, -0.2) is 0 Å². The molecule has 0 fully saturated rings. The Kier molecular flexibility index (Phi) is 9.12. The Hall–Kier alpha value is -0.470. The summed E-state index contributed by atoms with van der Waals surface area (Å²) in [5, 5.41) is 0. The monoisotopic (exact) mass is 168 g/mol. The molecule has 0 atom stereocenters. The van der Waals surface area contributed by atoms with Crippen LogP contribution in [0.5, 0.6) is 0 Å². The molecule has 0 spiro atoms. The average molecular weight is 168 g/mol. The minimum atomic E-state index is -2.19. The molecular weight excluding hydrogens is 153 g/mol. The third-order valence-electron chi connectivity index (χ3n) is 0.793. The summed E-state index contributed by atoms with van der Waals surface area (Å²) in [7, 11) is 0. The van der Waals surface area contributed by atoms with E-state index in [2.05, 4.69) is 0 Å². The molecule has 0 unspecified atom stereocenters. The SMILES string of the molecule is CC.CC(C)CC(F)=C(F)F. The molecule has 0 amide bonds. The van der Waals surface area contributed by atoms with Gasteiger partial charge in [-0.05, 0) is 5.92 Å². The standard InChI is InChI=1S/C6H9F3.C2H6/c1-4(2)3-5(7)6(8)9;1-2/h4H,3H2,1-2H3;1-2H3. The topological polar surface area (TPSA) is 0 Å². The van der Waals surface area contributed by atoms with Gasteiger partial charge in [0.2, 0.25) is 0 Å². The number of halogens is 3. The van der Waals surface area contributed by atoms with Crippen molar-refractivity contribution in [3.63, 3.8) is 0 Å². The van der Waals surface area contributed by atoms with Crippen molar-refractivity contribution in [3.05, 3.63) is 11.9 Å². The highest BCUT2D eigenvalue weighted by atomic mass is 19.3. The first-order chi connectivity index (χ1) is 5.04. The van der Waals surface area contributed by atoms with Crippen LogP contribution in [0.2, 0.25) is 0 Å². The molecule has 0 saturated heterocycles. The zero-order chi connectivity index (χ0) is 9.44. The van der Waals surface area contributed by atoms with E-state index in [9.17, 15) is 13.2 Å². The molecule has 0 aromatic carbocycles. The second-order valence-corrected chi connectivity index (χ2v) is 2.26. The van der Waals surface area contributed by atoms with Gasteiger partial charge >= 0.3 is 6.08 Å². The first-order valence-corrected chi connectivity index (χ1v) is 3.73. The third-order valence-corrected chi connectivity index (χ3v) is 0.793. The van der Waals surface area contributed by atoms with Gasteiger partial charge in [-0.2, -0.15) is 8.78 Å². The largest absolute Gasteiger partial charge is 0.301 e. The molecule has 11 heavy (non-hydrogen) atoms. The van der Waals surface area contributed by atoms with Crippen molar-refractivity contribution in [1.29, 1.82) is 0 Å². The molecule has 0 radical (unpaired) electrons. The second-order valence-electron chi connectivity index (χ2n) is 2.26. The number of allylic oxidation sites excluding steroid dienone is 1. The Bertz CT molecular complexity index is 113. The summed E-state index contributed by atoms with van der Waals surface area (Å²) in [6, 6.07) is 0.